The Morgan fingerprint density at radius 2 is 1.92 bits per heavy atom. The van der Waals surface area contributed by atoms with Crippen LogP contribution < -0.4 is 0 Å². The number of aromatic amines is 1. The Kier molecular flexibility index (Phi) is 4.34. The van der Waals surface area contributed by atoms with Crippen molar-refractivity contribution in [1.29, 1.82) is 0 Å². The van der Waals surface area contributed by atoms with Crippen molar-refractivity contribution in [1.82, 2.24) is 25.1 Å². The molecule has 4 rings (SSSR count). The van der Waals surface area contributed by atoms with Crippen LogP contribution in [0.15, 0.2) is 55.0 Å². The van der Waals surface area contributed by atoms with Crippen LogP contribution >= 0.6 is 0 Å². The first-order chi connectivity index (χ1) is 11.9. The van der Waals surface area contributed by atoms with Gasteiger partial charge in [-0.2, -0.15) is 5.10 Å². The van der Waals surface area contributed by atoms with Gasteiger partial charge in [0.15, 0.2) is 5.82 Å². The second-order valence-corrected chi connectivity index (χ2v) is 6.37. The highest BCUT2D eigenvalue weighted by molar-refractivity contribution is 5.53. The maximum atomic E-state index is 4.53. The summed E-state index contributed by atoms with van der Waals surface area (Å²) in [4.78, 5) is 11.5. The van der Waals surface area contributed by atoms with Gasteiger partial charge in [0.25, 0.3) is 0 Å². The fraction of sp³-hybridized carbons (Fsp3) is 0.316. The van der Waals surface area contributed by atoms with E-state index in [2.05, 4.69) is 31.1 Å². The van der Waals surface area contributed by atoms with E-state index < -0.39 is 0 Å². The molecule has 0 unspecified atom stereocenters. The number of nitrogens with one attached hydrogen (secondary N) is 1. The summed E-state index contributed by atoms with van der Waals surface area (Å²) in [6.45, 7) is 3.09. The number of hydrogen-bond donors (Lipinski definition) is 1. The normalized spacial score (nSPS) is 18.6. The molecule has 0 amide bonds. The van der Waals surface area contributed by atoms with Crippen LogP contribution in [0.1, 0.15) is 30.0 Å². The van der Waals surface area contributed by atoms with Crippen LogP contribution in [0, 0.1) is 0 Å². The minimum Gasteiger partial charge on any atom is -0.298 e. The third-order valence-electron chi connectivity index (χ3n) is 4.61. The van der Waals surface area contributed by atoms with Gasteiger partial charge in [0, 0.05) is 54.4 Å². The molecule has 0 bridgehead atoms. The van der Waals surface area contributed by atoms with Crippen LogP contribution in [0.2, 0.25) is 0 Å². The van der Waals surface area contributed by atoms with Crippen LogP contribution in [0.4, 0.5) is 0 Å². The molecule has 1 saturated heterocycles. The number of H-pyrrole nitrogens is 1. The molecule has 1 aliphatic rings. The molecule has 24 heavy (non-hydrogen) atoms. The Hall–Kier alpha value is -2.53. The summed E-state index contributed by atoms with van der Waals surface area (Å²) in [6, 6.07) is 12.2. The van der Waals surface area contributed by atoms with E-state index >= 15 is 0 Å². The van der Waals surface area contributed by atoms with Crippen molar-refractivity contribution in [3.63, 3.8) is 0 Å². The van der Waals surface area contributed by atoms with Crippen molar-refractivity contribution in [2.24, 2.45) is 0 Å². The Bertz CT molecular complexity index is 752. The Morgan fingerprint density at radius 3 is 2.67 bits per heavy atom. The molecule has 122 valence electrons. The second kappa shape index (κ2) is 6.93. The lowest BCUT2D eigenvalue weighted by Gasteiger charge is -2.32. The van der Waals surface area contributed by atoms with Crippen molar-refractivity contribution >= 4 is 0 Å². The highest BCUT2D eigenvalue weighted by Crippen LogP contribution is 2.26. The van der Waals surface area contributed by atoms with E-state index in [1.165, 1.54) is 24.1 Å². The van der Waals surface area contributed by atoms with Gasteiger partial charge in [-0.1, -0.05) is 30.3 Å². The molecule has 0 saturated carbocycles. The molecule has 0 radical (unpaired) electrons. The van der Waals surface area contributed by atoms with Crippen LogP contribution in [0.25, 0.3) is 11.4 Å². The molecule has 3 heterocycles. The lowest BCUT2D eigenvalue weighted by Crippen LogP contribution is -2.34. The first-order valence-corrected chi connectivity index (χ1v) is 8.46. The van der Waals surface area contributed by atoms with E-state index in [0.29, 0.717) is 5.92 Å². The zero-order chi connectivity index (χ0) is 16.2. The summed E-state index contributed by atoms with van der Waals surface area (Å²) in [7, 11) is 0. The Labute approximate surface area is 141 Å². The third kappa shape index (κ3) is 3.36. The number of aromatic nitrogens is 4. The highest BCUT2D eigenvalue weighted by atomic mass is 15.1. The quantitative estimate of drug-likeness (QED) is 0.802. The van der Waals surface area contributed by atoms with Gasteiger partial charge in [-0.3, -0.25) is 10.00 Å². The van der Waals surface area contributed by atoms with E-state index in [-0.39, 0.29) is 0 Å². The topological polar surface area (TPSA) is 57.7 Å². The number of piperidine rings is 1. The van der Waals surface area contributed by atoms with Crippen molar-refractivity contribution < 1.29 is 0 Å². The maximum absolute atomic E-state index is 4.53. The molecule has 1 atom stereocenters. The Balaban J connectivity index is 1.42. The summed E-state index contributed by atoms with van der Waals surface area (Å²) in [5, 5.41) is 7.20. The molecular weight excluding hydrogens is 298 g/mol. The van der Waals surface area contributed by atoms with Crippen molar-refractivity contribution in [3.05, 3.63) is 66.2 Å². The fourth-order valence-electron chi connectivity index (χ4n) is 3.38. The zero-order valence-electron chi connectivity index (χ0n) is 13.6. The molecule has 1 fully saturated rings. The number of rotatable bonds is 4. The molecule has 2 aromatic heterocycles. The SMILES string of the molecule is c1ccc(-c2ncc(CN3CCC[C@@H](c4ccn[nH]4)C3)cn2)cc1. The molecular formula is C19H21N5. The van der Waals surface area contributed by atoms with Crippen LogP contribution in [-0.2, 0) is 6.54 Å². The van der Waals surface area contributed by atoms with E-state index in [1.54, 1.807) is 0 Å². The van der Waals surface area contributed by atoms with Gasteiger partial charge in [0.05, 0.1) is 0 Å². The molecule has 0 aliphatic carbocycles. The van der Waals surface area contributed by atoms with Gasteiger partial charge in [-0.25, -0.2) is 9.97 Å². The van der Waals surface area contributed by atoms with E-state index in [0.717, 1.165) is 31.0 Å². The van der Waals surface area contributed by atoms with Gasteiger partial charge in [0.2, 0.25) is 0 Å². The predicted octanol–water partition coefficient (Wildman–Crippen LogP) is 3.25. The molecule has 5 nitrogen and oxygen atoms in total. The number of hydrogen-bond acceptors (Lipinski definition) is 4. The van der Waals surface area contributed by atoms with Gasteiger partial charge in [-0.05, 0) is 25.5 Å². The number of benzene rings is 1. The lowest BCUT2D eigenvalue weighted by molar-refractivity contribution is 0.198. The van der Waals surface area contributed by atoms with Crippen LogP contribution in [-0.4, -0.2) is 38.2 Å². The van der Waals surface area contributed by atoms with Gasteiger partial charge < -0.3 is 0 Å². The zero-order valence-corrected chi connectivity index (χ0v) is 13.6. The van der Waals surface area contributed by atoms with Gasteiger partial charge in [0.1, 0.15) is 0 Å². The van der Waals surface area contributed by atoms with E-state index in [1.807, 2.05) is 48.9 Å². The molecule has 0 spiro atoms. The number of nitrogens with zero attached hydrogens (tertiary/aromatic N) is 4. The number of likely N-dealkylation sites (tertiary alicyclic amines) is 1. The second-order valence-electron chi connectivity index (χ2n) is 6.37. The van der Waals surface area contributed by atoms with Crippen molar-refractivity contribution in [2.45, 2.75) is 25.3 Å². The Morgan fingerprint density at radius 1 is 1.08 bits per heavy atom. The van der Waals surface area contributed by atoms with Crippen LogP contribution in [0.3, 0.4) is 0 Å². The van der Waals surface area contributed by atoms with E-state index in [4.69, 9.17) is 0 Å². The molecule has 5 heteroatoms. The summed E-state index contributed by atoms with van der Waals surface area (Å²) in [6.07, 6.45) is 8.18. The van der Waals surface area contributed by atoms with Crippen molar-refractivity contribution in [3.8, 4) is 11.4 Å². The van der Waals surface area contributed by atoms with Gasteiger partial charge in [-0.15, -0.1) is 0 Å². The molecule has 3 aromatic rings. The predicted molar refractivity (Wildman–Crippen MR) is 93.3 cm³/mol. The average Bonchev–Trinajstić information content (AvgIpc) is 3.18. The summed E-state index contributed by atoms with van der Waals surface area (Å²) in [5.41, 5.74) is 3.47. The largest absolute Gasteiger partial charge is 0.298 e. The third-order valence-corrected chi connectivity index (χ3v) is 4.61. The van der Waals surface area contributed by atoms with E-state index in [9.17, 15) is 0 Å². The first kappa shape index (κ1) is 15.0. The molecule has 1 N–H and O–H groups in total. The smallest absolute Gasteiger partial charge is 0.159 e. The monoisotopic (exact) mass is 319 g/mol. The average molecular weight is 319 g/mol. The first-order valence-electron chi connectivity index (χ1n) is 8.46. The molecule has 1 aromatic carbocycles. The van der Waals surface area contributed by atoms with Gasteiger partial charge >= 0.3 is 0 Å². The summed E-state index contributed by atoms with van der Waals surface area (Å²) >= 11 is 0. The van der Waals surface area contributed by atoms with Crippen LogP contribution in [0.5, 0.6) is 0 Å². The van der Waals surface area contributed by atoms with Crippen molar-refractivity contribution in [2.75, 3.05) is 13.1 Å². The minimum absolute atomic E-state index is 0.547. The summed E-state index contributed by atoms with van der Waals surface area (Å²) < 4.78 is 0. The summed E-state index contributed by atoms with van der Waals surface area (Å²) in [5.74, 6) is 1.33. The lowest BCUT2D eigenvalue weighted by atomic mass is 9.95. The fourth-order valence-corrected chi connectivity index (χ4v) is 3.38. The standard InChI is InChI=1S/C19H21N5/c1-2-5-16(6-3-1)19-20-11-15(12-21-19)13-24-10-4-7-17(14-24)18-8-9-22-23-18/h1-3,5-6,8-9,11-12,17H,4,7,10,13-14H2,(H,22,23)/t17-/m1/s1. The molecule has 1 aliphatic heterocycles. The highest BCUT2D eigenvalue weighted by Gasteiger charge is 2.22. The maximum Gasteiger partial charge on any atom is 0.159 e. The minimum atomic E-state index is 0.547.